The fraction of sp³-hybridized carbons (Fsp3) is 0.200. The number of rotatable bonds is 5. The number of nitrogen functional groups attached to an aromatic ring is 1. The first-order valence-corrected chi connectivity index (χ1v) is 6.32. The van der Waals surface area contributed by atoms with E-state index in [1.54, 1.807) is 30.3 Å². The van der Waals surface area contributed by atoms with Crippen LogP contribution in [0.2, 0.25) is 0 Å². The Bertz CT molecular complexity index is 680. The van der Waals surface area contributed by atoms with E-state index in [1.807, 2.05) is 13.0 Å². The number of ether oxygens (including phenoxy) is 3. The van der Waals surface area contributed by atoms with Gasteiger partial charge in [0.15, 0.2) is 0 Å². The van der Waals surface area contributed by atoms with Crippen molar-refractivity contribution in [1.29, 1.82) is 5.26 Å². The first kappa shape index (κ1) is 14.5. The van der Waals surface area contributed by atoms with Crippen molar-refractivity contribution in [3.63, 3.8) is 0 Å². The molecule has 0 radical (unpaired) electrons. The number of hydrogen-bond acceptors (Lipinski definition) is 6. The van der Waals surface area contributed by atoms with Crippen LogP contribution in [0.5, 0.6) is 23.3 Å². The van der Waals surface area contributed by atoms with Gasteiger partial charge in [0, 0.05) is 12.1 Å². The van der Waals surface area contributed by atoms with Crippen LogP contribution in [0.25, 0.3) is 0 Å². The molecule has 2 aromatic rings. The molecule has 1 aromatic heterocycles. The summed E-state index contributed by atoms with van der Waals surface area (Å²) in [5.41, 5.74) is 6.63. The molecule has 1 aromatic carbocycles. The van der Waals surface area contributed by atoms with Gasteiger partial charge in [-0.3, -0.25) is 0 Å². The summed E-state index contributed by atoms with van der Waals surface area (Å²) in [6.45, 7) is 2.30. The van der Waals surface area contributed by atoms with Gasteiger partial charge in [0.1, 0.15) is 11.5 Å². The molecule has 0 atom stereocenters. The Balaban J connectivity index is 2.29. The summed E-state index contributed by atoms with van der Waals surface area (Å²) in [6.07, 6.45) is 0. The number of methoxy groups -OCH3 is 1. The fourth-order valence-corrected chi connectivity index (χ4v) is 1.68. The third-order valence-electron chi connectivity index (χ3n) is 2.61. The van der Waals surface area contributed by atoms with Crippen LogP contribution in [0.1, 0.15) is 12.5 Å². The lowest BCUT2D eigenvalue weighted by molar-refractivity contribution is 0.323. The maximum atomic E-state index is 8.99. The van der Waals surface area contributed by atoms with Crippen LogP contribution in [0, 0.1) is 11.3 Å². The van der Waals surface area contributed by atoms with Gasteiger partial charge in [-0.25, -0.2) is 0 Å². The first-order valence-electron chi connectivity index (χ1n) is 6.32. The molecule has 21 heavy (non-hydrogen) atoms. The number of nitrogens with two attached hydrogens (primary N) is 1. The molecule has 0 unspecified atom stereocenters. The summed E-state index contributed by atoms with van der Waals surface area (Å²) >= 11 is 0. The standard InChI is InChI=1S/C15H15N3O3/c1-3-20-15-13(17)4-5-14(18-15)21-12-7-10(9-16)6-11(8-12)19-2/h4-8H,3,17H2,1-2H3. The van der Waals surface area contributed by atoms with Crippen LogP contribution in [0.4, 0.5) is 5.69 Å². The molecule has 108 valence electrons. The minimum Gasteiger partial charge on any atom is -0.497 e. The van der Waals surface area contributed by atoms with E-state index >= 15 is 0 Å². The Morgan fingerprint density at radius 3 is 2.67 bits per heavy atom. The molecule has 0 aliphatic heterocycles. The van der Waals surface area contributed by atoms with E-state index in [1.165, 1.54) is 7.11 Å². The van der Waals surface area contributed by atoms with Gasteiger partial charge in [-0.1, -0.05) is 0 Å². The lowest BCUT2D eigenvalue weighted by Crippen LogP contribution is -2.00. The molecule has 0 fully saturated rings. The van der Waals surface area contributed by atoms with E-state index in [0.29, 0.717) is 41.1 Å². The van der Waals surface area contributed by atoms with Crippen molar-refractivity contribution in [2.75, 3.05) is 19.5 Å². The highest BCUT2D eigenvalue weighted by Gasteiger charge is 2.08. The topological polar surface area (TPSA) is 90.4 Å². The molecule has 0 bridgehead atoms. The van der Waals surface area contributed by atoms with E-state index < -0.39 is 0 Å². The highest BCUT2D eigenvalue weighted by atomic mass is 16.5. The zero-order chi connectivity index (χ0) is 15.2. The normalized spacial score (nSPS) is 9.76. The number of nitriles is 1. The van der Waals surface area contributed by atoms with Gasteiger partial charge < -0.3 is 19.9 Å². The molecular formula is C15H15N3O3. The molecule has 1 heterocycles. The average Bonchev–Trinajstić information content (AvgIpc) is 2.50. The number of benzene rings is 1. The van der Waals surface area contributed by atoms with E-state index in [-0.39, 0.29) is 0 Å². The molecule has 2 N–H and O–H groups in total. The predicted octanol–water partition coefficient (Wildman–Crippen LogP) is 2.74. The van der Waals surface area contributed by atoms with E-state index in [2.05, 4.69) is 4.98 Å². The van der Waals surface area contributed by atoms with E-state index in [0.717, 1.165) is 0 Å². The Kier molecular flexibility index (Phi) is 4.46. The summed E-state index contributed by atoms with van der Waals surface area (Å²) in [5, 5.41) is 8.99. The third-order valence-corrected chi connectivity index (χ3v) is 2.61. The maximum Gasteiger partial charge on any atom is 0.240 e. The van der Waals surface area contributed by atoms with Crippen LogP contribution in [-0.2, 0) is 0 Å². The summed E-state index contributed by atoms with van der Waals surface area (Å²) in [4.78, 5) is 4.18. The average molecular weight is 285 g/mol. The van der Waals surface area contributed by atoms with Gasteiger partial charge in [-0.15, -0.1) is 0 Å². The number of hydrogen-bond donors (Lipinski definition) is 1. The summed E-state index contributed by atoms with van der Waals surface area (Å²) in [7, 11) is 1.52. The number of pyridine rings is 1. The molecular weight excluding hydrogens is 270 g/mol. The molecule has 0 amide bonds. The summed E-state index contributed by atoms with van der Waals surface area (Å²) < 4.78 is 16.1. The van der Waals surface area contributed by atoms with Gasteiger partial charge in [-0.2, -0.15) is 10.2 Å². The Morgan fingerprint density at radius 2 is 2.00 bits per heavy atom. The van der Waals surface area contributed by atoms with Crippen LogP contribution >= 0.6 is 0 Å². The van der Waals surface area contributed by atoms with Gasteiger partial charge in [-0.05, 0) is 25.1 Å². The maximum absolute atomic E-state index is 8.99. The van der Waals surface area contributed by atoms with Crippen molar-refractivity contribution in [2.45, 2.75) is 6.92 Å². The number of anilines is 1. The number of aromatic nitrogens is 1. The smallest absolute Gasteiger partial charge is 0.240 e. The third kappa shape index (κ3) is 3.54. The second kappa shape index (κ2) is 6.48. The van der Waals surface area contributed by atoms with Gasteiger partial charge in [0.05, 0.1) is 31.0 Å². The largest absolute Gasteiger partial charge is 0.497 e. The monoisotopic (exact) mass is 285 g/mol. The van der Waals surface area contributed by atoms with Crippen molar-refractivity contribution in [3.8, 4) is 29.3 Å². The molecule has 0 saturated heterocycles. The Labute approximate surface area is 122 Å². The van der Waals surface area contributed by atoms with E-state index in [9.17, 15) is 0 Å². The molecule has 6 heteroatoms. The molecule has 0 aliphatic rings. The van der Waals surface area contributed by atoms with E-state index in [4.69, 9.17) is 25.2 Å². The van der Waals surface area contributed by atoms with Gasteiger partial charge in [0.25, 0.3) is 0 Å². The Morgan fingerprint density at radius 1 is 1.24 bits per heavy atom. The second-order valence-electron chi connectivity index (χ2n) is 4.09. The lowest BCUT2D eigenvalue weighted by Gasteiger charge is -2.10. The summed E-state index contributed by atoms with van der Waals surface area (Å²) in [6, 6.07) is 10.2. The molecule has 0 aliphatic carbocycles. The Hall–Kier alpha value is -2.94. The first-order chi connectivity index (χ1) is 10.2. The summed E-state index contributed by atoms with van der Waals surface area (Å²) in [5.74, 6) is 1.62. The fourth-order valence-electron chi connectivity index (χ4n) is 1.68. The molecule has 2 rings (SSSR count). The van der Waals surface area contributed by atoms with Crippen molar-refractivity contribution in [2.24, 2.45) is 0 Å². The zero-order valence-corrected chi connectivity index (χ0v) is 11.8. The molecule has 0 spiro atoms. The highest BCUT2D eigenvalue weighted by Crippen LogP contribution is 2.29. The van der Waals surface area contributed by atoms with Crippen molar-refractivity contribution >= 4 is 5.69 Å². The van der Waals surface area contributed by atoms with Gasteiger partial charge >= 0.3 is 0 Å². The molecule has 6 nitrogen and oxygen atoms in total. The predicted molar refractivity (Wildman–Crippen MR) is 77.6 cm³/mol. The number of nitrogens with zero attached hydrogens (tertiary/aromatic N) is 2. The van der Waals surface area contributed by atoms with Crippen LogP contribution in [0.3, 0.4) is 0 Å². The minimum absolute atomic E-state index is 0.318. The zero-order valence-electron chi connectivity index (χ0n) is 11.8. The highest BCUT2D eigenvalue weighted by molar-refractivity contribution is 5.50. The van der Waals surface area contributed by atoms with Crippen molar-refractivity contribution in [1.82, 2.24) is 4.98 Å². The van der Waals surface area contributed by atoms with Crippen molar-refractivity contribution < 1.29 is 14.2 Å². The van der Waals surface area contributed by atoms with Crippen LogP contribution < -0.4 is 19.9 Å². The van der Waals surface area contributed by atoms with Crippen LogP contribution in [0.15, 0.2) is 30.3 Å². The van der Waals surface area contributed by atoms with Crippen LogP contribution in [-0.4, -0.2) is 18.7 Å². The second-order valence-corrected chi connectivity index (χ2v) is 4.09. The molecule has 0 saturated carbocycles. The minimum atomic E-state index is 0.318. The lowest BCUT2D eigenvalue weighted by atomic mass is 10.2. The van der Waals surface area contributed by atoms with Crippen molar-refractivity contribution in [3.05, 3.63) is 35.9 Å². The SMILES string of the molecule is CCOc1nc(Oc2cc(C#N)cc(OC)c2)ccc1N. The quantitative estimate of drug-likeness (QED) is 0.908. The van der Waals surface area contributed by atoms with Gasteiger partial charge in [0.2, 0.25) is 11.8 Å².